The van der Waals surface area contributed by atoms with Crippen molar-refractivity contribution in [3.63, 3.8) is 0 Å². The van der Waals surface area contributed by atoms with Crippen molar-refractivity contribution in [2.75, 3.05) is 7.05 Å². The lowest BCUT2D eigenvalue weighted by Crippen LogP contribution is -2.05. The Balaban J connectivity index is 2.13. The number of nitrogens with zero attached hydrogens (tertiary/aromatic N) is 2. The van der Waals surface area contributed by atoms with Gasteiger partial charge in [0.25, 0.3) is 0 Å². The van der Waals surface area contributed by atoms with E-state index in [1.165, 1.54) is 5.56 Å². The first-order valence-electron chi connectivity index (χ1n) is 5.64. The quantitative estimate of drug-likeness (QED) is 0.841. The molecule has 2 aromatic rings. The SMILES string of the molecule is CNCc1cn(Cc2ccc(O)cc2)nc1C. The molecule has 2 rings (SSSR count). The molecule has 4 heteroatoms. The van der Waals surface area contributed by atoms with Crippen LogP contribution in [0.3, 0.4) is 0 Å². The minimum Gasteiger partial charge on any atom is -0.508 e. The minimum atomic E-state index is 0.293. The Labute approximate surface area is 101 Å². The van der Waals surface area contributed by atoms with E-state index in [-0.39, 0.29) is 0 Å². The van der Waals surface area contributed by atoms with E-state index >= 15 is 0 Å². The molecule has 1 aromatic heterocycles. The van der Waals surface area contributed by atoms with Crippen molar-refractivity contribution in [1.29, 1.82) is 0 Å². The van der Waals surface area contributed by atoms with Gasteiger partial charge < -0.3 is 10.4 Å². The molecule has 0 radical (unpaired) electrons. The van der Waals surface area contributed by atoms with Crippen LogP contribution in [0.4, 0.5) is 0 Å². The third-order valence-corrected chi connectivity index (χ3v) is 2.70. The van der Waals surface area contributed by atoms with Crippen LogP contribution in [0.25, 0.3) is 0 Å². The van der Waals surface area contributed by atoms with Crippen LogP contribution in [-0.4, -0.2) is 21.9 Å². The molecular weight excluding hydrogens is 214 g/mol. The lowest BCUT2D eigenvalue weighted by Gasteiger charge is -2.01. The van der Waals surface area contributed by atoms with E-state index in [1.54, 1.807) is 12.1 Å². The van der Waals surface area contributed by atoms with E-state index in [2.05, 4.69) is 16.6 Å². The van der Waals surface area contributed by atoms with Crippen LogP contribution in [0.5, 0.6) is 5.75 Å². The van der Waals surface area contributed by atoms with Crippen LogP contribution in [0, 0.1) is 6.92 Å². The smallest absolute Gasteiger partial charge is 0.115 e. The number of hydrogen-bond acceptors (Lipinski definition) is 3. The molecule has 0 saturated carbocycles. The summed E-state index contributed by atoms with van der Waals surface area (Å²) in [6.07, 6.45) is 2.05. The average molecular weight is 231 g/mol. The number of aryl methyl sites for hydroxylation is 1. The number of hydrogen-bond donors (Lipinski definition) is 2. The summed E-state index contributed by atoms with van der Waals surface area (Å²) in [6.45, 7) is 3.58. The molecule has 0 unspecified atom stereocenters. The van der Waals surface area contributed by atoms with Gasteiger partial charge >= 0.3 is 0 Å². The van der Waals surface area contributed by atoms with Crippen LogP contribution < -0.4 is 5.32 Å². The number of aromatic nitrogens is 2. The van der Waals surface area contributed by atoms with Crippen LogP contribution >= 0.6 is 0 Å². The van der Waals surface area contributed by atoms with Gasteiger partial charge in [0, 0.05) is 18.3 Å². The zero-order chi connectivity index (χ0) is 12.3. The summed E-state index contributed by atoms with van der Waals surface area (Å²) in [5.41, 5.74) is 3.39. The molecule has 1 aromatic carbocycles. The van der Waals surface area contributed by atoms with Crippen molar-refractivity contribution in [2.24, 2.45) is 0 Å². The number of phenolic OH excluding ortho intramolecular Hbond substituents is 1. The summed E-state index contributed by atoms with van der Waals surface area (Å²) in [5, 5.41) is 16.8. The number of rotatable bonds is 4. The van der Waals surface area contributed by atoms with E-state index in [9.17, 15) is 5.11 Å². The second-order valence-electron chi connectivity index (χ2n) is 4.13. The number of phenols is 1. The Morgan fingerprint density at radius 1 is 1.29 bits per heavy atom. The van der Waals surface area contributed by atoms with Crippen LogP contribution in [0.2, 0.25) is 0 Å². The summed E-state index contributed by atoms with van der Waals surface area (Å²) in [6, 6.07) is 7.20. The molecule has 0 saturated heterocycles. The van der Waals surface area contributed by atoms with Crippen molar-refractivity contribution in [3.8, 4) is 5.75 Å². The highest BCUT2D eigenvalue weighted by Gasteiger charge is 2.04. The standard InChI is InChI=1S/C13H17N3O/c1-10-12(7-14-2)9-16(15-10)8-11-3-5-13(17)6-4-11/h3-6,9,14,17H,7-8H2,1-2H3. The Morgan fingerprint density at radius 2 is 2.00 bits per heavy atom. The van der Waals surface area contributed by atoms with Gasteiger partial charge in [0.2, 0.25) is 0 Å². The van der Waals surface area contributed by atoms with E-state index in [4.69, 9.17) is 0 Å². The van der Waals surface area contributed by atoms with Gasteiger partial charge in [-0.15, -0.1) is 0 Å². The molecule has 0 spiro atoms. The number of benzene rings is 1. The molecule has 17 heavy (non-hydrogen) atoms. The molecule has 0 aliphatic carbocycles. The first kappa shape index (κ1) is 11.7. The Kier molecular flexibility index (Phi) is 3.44. The molecule has 0 amide bonds. The third kappa shape index (κ3) is 2.85. The maximum atomic E-state index is 9.21. The van der Waals surface area contributed by atoms with Crippen LogP contribution in [-0.2, 0) is 13.1 Å². The van der Waals surface area contributed by atoms with Crippen molar-refractivity contribution in [1.82, 2.24) is 15.1 Å². The van der Waals surface area contributed by atoms with Gasteiger partial charge in [-0.05, 0) is 31.7 Å². The molecule has 90 valence electrons. The molecule has 1 heterocycles. The van der Waals surface area contributed by atoms with E-state index in [0.717, 1.165) is 24.3 Å². The van der Waals surface area contributed by atoms with Gasteiger partial charge in [0.1, 0.15) is 5.75 Å². The third-order valence-electron chi connectivity index (χ3n) is 2.70. The lowest BCUT2D eigenvalue weighted by atomic mass is 10.2. The Bertz CT molecular complexity index is 488. The van der Waals surface area contributed by atoms with E-state index < -0.39 is 0 Å². The van der Waals surface area contributed by atoms with Gasteiger partial charge in [0.05, 0.1) is 12.2 Å². The molecule has 0 aliphatic rings. The molecule has 0 aliphatic heterocycles. The molecular formula is C13H17N3O. The van der Waals surface area contributed by atoms with Crippen molar-refractivity contribution in [3.05, 3.63) is 47.3 Å². The summed E-state index contributed by atoms with van der Waals surface area (Å²) in [7, 11) is 1.93. The molecule has 0 fully saturated rings. The first-order valence-corrected chi connectivity index (χ1v) is 5.64. The van der Waals surface area contributed by atoms with Crippen molar-refractivity contribution < 1.29 is 5.11 Å². The fourth-order valence-electron chi connectivity index (χ4n) is 1.79. The van der Waals surface area contributed by atoms with E-state index in [1.807, 2.05) is 30.8 Å². The van der Waals surface area contributed by atoms with Gasteiger partial charge in [-0.2, -0.15) is 5.10 Å². The zero-order valence-corrected chi connectivity index (χ0v) is 10.1. The highest BCUT2D eigenvalue weighted by Crippen LogP contribution is 2.12. The second-order valence-corrected chi connectivity index (χ2v) is 4.13. The van der Waals surface area contributed by atoms with Crippen LogP contribution in [0.1, 0.15) is 16.8 Å². The summed E-state index contributed by atoms with van der Waals surface area (Å²) in [4.78, 5) is 0. The predicted octanol–water partition coefficient (Wildman–Crippen LogP) is 1.66. The second kappa shape index (κ2) is 5.01. The normalized spacial score (nSPS) is 10.7. The van der Waals surface area contributed by atoms with Gasteiger partial charge in [-0.3, -0.25) is 4.68 Å². The number of aromatic hydroxyl groups is 1. The van der Waals surface area contributed by atoms with Gasteiger partial charge in [-0.25, -0.2) is 0 Å². The summed E-state index contributed by atoms with van der Waals surface area (Å²) >= 11 is 0. The predicted molar refractivity (Wildman–Crippen MR) is 66.9 cm³/mol. The molecule has 0 atom stereocenters. The molecule has 2 N–H and O–H groups in total. The van der Waals surface area contributed by atoms with Crippen molar-refractivity contribution >= 4 is 0 Å². The molecule has 4 nitrogen and oxygen atoms in total. The Hall–Kier alpha value is -1.81. The lowest BCUT2D eigenvalue weighted by molar-refractivity contribution is 0.475. The van der Waals surface area contributed by atoms with Crippen LogP contribution in [0.15, 0.2) is 30.5 Å². The summed E-state index contributed by atoms with van der Waals surface area (Å²) < 4.78 is 1.92. The largest absolute Gasteiger partial charge is 0.508 e. The maximum absolute atomic E-state index is 9.21. The van der Waals surface area contributed by atoms with Gasteiger partial charge in [0.15, 0.2) is 0 Å². The highest BCUT2D eigenvalue weighted by atomic mass is 16.3. The zero-order valence-electron chi connectivity index (χ0n) is 10.1. The van der Waals surface area contributed by atoms with E-state index in [0.29, 0.717) is 5.75 Å². The summed E-state index contributed by atoms with van der Waals surface area (Å²) in [5.74, 6) is 0.293. The first-order chi connectivity index (χ1) is 8.19. The highest BCUT2D eigenvalue weighted by molar-refractivity contribution is 5.26. The molecule has 0 bridgehead atoms. The topological polar surface area (TPSA) is 50.1 Å². The Morgan fingerprint density at radius 3 is 2.65 bits per heavy atom. The van der Waals surface area contributed by atoms with Gasteiger partial charge in [-0.1, -0.05) is 12.1 Å². The number of nitrogens with one attached hydrogen (secondary N) is 1. The maximum Gasteiger partial charge on any atom is 0.115 e. The monoisotopic (exact) mass is 231 g/mol. The van der Waals surface area contributed by atoms with Crippen molar-refractivity contribution in [2.45, 2.75) is 20.0 Å². The minimum absolute atomic E-state index is 0.293. The fraction of sp³-hybridized carbons (Fsp3) is 0.308. The fourth-order valence-corrected chi connectivity index (χ4v) is 1.79. The average Bonchev–Trinajstić information content (AvgIpc) is 2.63.